The molecule has 1 aliphatic heterocycles. The zero-order valence-electron chi connectivity index (χ0n) is 9.65. The molecule has 1 saturated heterocycles. The maximum Gasteiger partial charge on any atom is 0.256 e. The van der Waals surface area contributed by atoms with E-state index in [1.54, 1.807) is 17.9 Å². The molecule has 0 saturated carbocycles. The first-order chi connectivity index (χ1) is 7.58. The third kappa shape index (κ3) is 2.96. The molecule has 0 radical (unpaired) electrons. The van der Waals surface area contributed by atoms with Gasteiger partial charge in [-0.1, -0.05) is 6.07 Å². The van der Waals surface area contributed by atoms with Crippen LogP contribution in [-0.4, -0.2) is 29.9 Å². The first-order valence-electron chi connectivity index (χ1n) is 5.39. The largest absolute Gasteiger partial charge is 0.337 e. The molecule has 1 unspecified atom stereocenters. The van der Waals surface area contributed by atoms with Crippen LogP contribution in [0.4, 0.5) is 4.39 Å². The smallest absolute Gasteiger partial charge is 0.256 e. The predicted octanol–water partition coefficient (Wildman–Crippen LogP) is 1.73. The van der Waals surface area contributed by atoms with E-state index in [-0.39, 0.29) is 29.9 Å². The number of hydrogen-bond acceptors (Lipinski definition) is 2. The Kier molecular flexibility index (Phi) is 4.48. The van der Waals surface area contributed by atoms with Gasteiger partial charge in [-0.25, -0.2) is 4.39 Å². The highest BCUT2D eigenvalue weighted by Crippen LogP contribution is 2.16. The van der Waals surface area contributed by atoms with E-state index >= 15 is 0 Å². The number of aryl methyl sites for hydroxylation is 1. The number of nitrogens with two attached hydrogens (primary N) is 1. The summed E-state index contributed by atoms with van der Waals surface area (Å²) < 4.78 is 13.6. The minimum absolute atomic E-state index is 0. The van der Waals surface area contributed by atoms with Gasteiger partial charge in [0.25, 0.3) is 5.91 Å². The van der Waals surface area contributed by atoms with Crippen molar-refractivity contribution >= 4 is 18.3 Å². The maximum absolute atomic E-state index is 13.6. The molecule has 0 spiro atoms. The second-order valence-electron chi connectivity index (χ2n) is 4.28. The standard InChI is InChI=1S/C12H15FN2O.ClH/c1-8-2-3-10(11(13)6-8)12(16)15-5-4-9(14)7-15;/h2-3,6,9H,4-5,7,14H2,1H3;1H. The van der Waals surface area contributed by atoms with Crippen molar-refractivity contribution < 1.29 is 9.18 Å². The van der Waals surface area contributed by atoms with Gasteiger partial charge in [0.1, 0.15) is 5.82 Å². The molecule has 1 fully saturated rings. The summed E-state index contributed by atoms with van der Waals surface area (Å²) in [7, 11) is 0. The van der Waals surface area contributed by atoms with Crippen LogP contribution in [-0.2, 0) is 0 Å². The Morgan fingerprint density at radius 1 is 1.53 bits per heavy atom. The first-order valence-corrected chi connectivity index (χ1v) is 5.39. The van der Waals surface area contributed by atoms with Crippen molar-refractivity contribution in [3.05, 3.63) is 35.1 Å². The summed E-state index contributed by atoms with van der Waals surface area (Å²) in [5, 5.41) is 0. The Labute approximate surface area is 106 Å². The quantitative estimate of drug-likeness (QED) is 0.834. The number of carbonyl (C=O) groups is 1. The lowest BCUT2D eigenvalue weighted by Crippen LogP contribution is -2.32. The molecule has 1 aromatic carbocycles. The van der Waals surface area contributed by atoms with Gasteiger partial charge in [-0.05, 0) is 31.0 Å². The zero-order valence-corrected chi connectivity index (χ0v) is 10.5. The van der Waals surface area contributed by atoms with Crippen LogP contribution in [0.3, 0.4) is 0 Å². The lowest BCUT2D eigenvalue weighted by Gasteiger charge is -2.16. The number of likely N-dealkylation sites (tertiary alicyclic amines) is 1. The van der Waals surface area contributed by atoms with E-state index < -0.39 is 5.82 Å². The van der Waals surface area contributed by atoms with Crippen molar-refractivity contribution in [1.82, 2.24) is 4.90 Å². The third-order valence-corrected chi connectivity index (χ3v) is 2.87. The summed E-state index contributed by atoms with van der Waals surface area (Å²) in [6.07, 6.45) is 0.791. The molecule has 1 atom stereocenters. The molecule has 1 amide bonds. The number of nitrogens with zero attached hydrogens (tertiary/aromatic N) is 1. The summed E-state index contributed by atoms with van der Waals surface area (Å²) >= 11 is 0. The summed E-state index contributed by atoms with van der Waals surface area (Å²) in [5.41, 5.74) is 6.67. The molecular formula is C12H16ClFN2O. The molecule has 3 nitrogen and oxygen atoms in total. The van der Waals surface area contributed by atoms with Crippen LogP contribution in [0, 0.1) is 12.7 Å². The van der Waals surface area contributed by atoms with Gasteiger partial charge < -0.3 is 10.6 Å². The monoisotopic (exact) mass is 258 g/mol. The van der Waals surface area contributed by atoms with Crippen molar-refractivity contribution in [2.45, 2.75) is 19.4 Å². The first kappa shape index (κ1) is 13.9. The van der Waals surface area contributed by atoms with Gasteiger partial charge >= 0.3 is 0 Å². The van der Waals surface area contributed by atoms with Crippen molar-refractivity contribution in [3.63, 3.8) is 0 Å². The number of rotatable bonds is 1. The average molecular weight is 259 g/mol. The SMILES string of the molecule is Cc1ccc(C(=O)N2CCC(N)C2)c(F)c1.Cl. The molecule has 0 aliphatic carbocycles. The Hall–Kier alpha value is -1.13. The Morgan fingerprint density at radius 3 is 2.76 bits per heavy atom. The van der Waals surface area contributed by atoms with E-state index in [1.807, 2.05) is 0 Å². The normalized spacial score (nSPS) is 19.0. The Morgan fingerprint density at radius 2 is 2.24 bits per heavy atom. The number of benzene rings is 1. The van der Waals surface area contributed by atoms with Crippen LogP contribution in [0.15, 0.2) is 18.2 Å². The summed E-state index contributed by atoms with van der Waals surface area (Å²) in [5.74, 6) is -0.712. The number of carbonyl (C=O) groups excluding carboxylic acids is 1. The van der Waals surface area contributed by atoms with E-state index in [2.05, 4.69) is 0 Å². The Bertz CT molecular complexity index is 425. The van der Waals surface area contributed by atoms with Crippen molar-refractivity contribution in [3.8, 4) is 0 Å². The number of amides is 1. The molecule has 2 rings (SSSR count). The average Bonchev–Trinajstić information content (AvgIpc) is 2.64. The maximum atomic E-state index is 13.6. The van der Waals surface area contributed by atoms with Crippen LogP contribution in [0.25, 0.3) is 0 Å². The topological polar surface area (TPSA) is 46.3 Å². The predicted molar refractivity (Wildman–Crippen MR) is 66.9 cm³/mol. The molecular weight excluding hydrogens is 243 g/mol. The van der Waals surface area contributed by atoms with E-state index in [9.17, 15) is 9.18 Å². The van der Waals surface area contributed by atoms with Crippen molar-refractivity contribution in [2.75, 3.05) is 13.1 Å². The number of halogens is 2. The van der Waals surface area contributed by atoms with Crippen LogP contribution >= 0.6 is 12.4 Å². The van der Waals surface area contributed by atoms with E-state index in [0.717, 1.165) is 12.0 Å². The van der Waals surface area contributed by atoms with Gasteiger partial charge in [0, 0.05) is 19.1 Å². The summed E-state index contributed by atoms with van der Waals surface area (Å²) in [6.45, 7) is 2.93. The highest BCUT2D eigenvalue weighted by Gasteiger charge is 2.26. The summed E-state index contributed by atoms with van der Waals surface area (Å²) in [4.78, 5) is 13.6. The molecule has 1 aromatic rings. The van der Waals surface area contributed by atoms with Gasteiger partial charge in [-0.15, -0.1) is 12.4 Å². The molecule has 17 heavy (non-hydrogen) atoms. The van der Waals surface area contributed by atoms with E-state index in [1.165, 1.54) is 12.1 Å². The number of hydrogen-bond donors (Lipinski definition) is 1. The minimum atomic E-state index is -0.453. The van der Waals surface area contributed by atoms with Gasteiger partial charge in [0.2, 0.25) is 0 Å². The fourth-order valence-corrected chi connectivity index (χ4v) is 1.94. The molecule has 0 bridgehead atoms. The highest BCUT2D eigenvalue weighted by molar-refractivity contribution is 5.94. The van der Waals surface area contributed by atoms with Crippen LogP contribution < -0.4 is 5.73 Å². The lowest BCUT2D eigenvalue weighted by atomic mass is 10.1. The van der Waals surface area contributed by atoms with Gasteiger partial charge in [0.05, 0.1) is 5.56 Å². The Balaban J connectivity index is 0.00000144. The molecule has 5 heteroatoms. The highest BCUT2D eigenvalue weighted by atomic mass is 35.5. The van der Waals surface area contributed by atoms with Gasteiger partial charge in [-0.3, -0.25) is 4.79 Å². The van der Waals surface area contributed by atoms with E-state index in [0.29, 0.717) is 13.1 Å². The lowest BCUT2D eigenvalue weighted by molar-refractivity contribution is 0.0786. The van der Waals surface area contributed by atoms with Crippen molar-refractivity contribution in [2.24, 2.45) is 5.73 Å². The molecule has 2 N–H and O–H groups in total. The molecule has 0 aromatic heterocycles. The minimum Gasteiger partial charge on any atom is -0.337 e. The fraction of sp³-hybridized carbons (Fsp3) is 0.417. The van der Waals surface area contributed by atoms with E-state index in [4.69, 9.17) is 5.73 Å². The molecule has 1 aliphatic rings. The van der Waals surface area contributed by atoms with Crippen LogP contribution in [0.1, 0.15) is 22.3 Å². The zero-order chi connectivity index (χ0) is 11.7. The van der Waals surface area contributed by atoms with Gasteiger partial charge in [-0.2, -0.15) is 0 Å². The third-order valence-electron chi connectivity index (χ3n) is 2.87. The summed E-state index contributed by atoms with van der Waals surface area (Å²) in [6, 6.07) is 4.68. The second kappa shape index (κ2) is 5.47. The van der Waals surface area contributed by atoms with Crippen molar-refractivity contribution in [1.29, 1.82) is 0 Å². The van der Waals surface area contributed by atoms with Crippen LogP contribution in [0.5, 0.6) is 0 Å². The van der Waals surface area contributed by atoms with Crippen LogP contribution in [0.2, 0.25) is 0 Å². The molecule has 1 heterocycles. The molecule has 94 valence electrons. The fourth-order valence-electron chi connectivity index (χ4n) is 1.94. The second-order valence-corrected chi connectivity index (χ2v) is 4.28. The van der Waals surface area contributed by atoms with Gasteiger partial charge in [0.15, 0.2) is 0 Å².